The minimum Gasteiger partial charge on any atom is -0.307 e. The van der Waals surface area contributed by atoms with Gasteiger partial charge in [-0.25, -0.2) is 13.4 Å². The number of carbonyl (C=O) groups excluding carboxylic acids is 1. The Morgan fingerprint density at radius 2 is 1.89 bits per heavy atom. The first-order valence-corrected chi connectivity index (χ1v) is 12.3. The van der Waals surface area contributed by atoms with Crippen LogP contribution in [0.2, 0.25) is 0 Å². The first-order valence-electron chi connectivity index (χ1n) is 10.6. The Balaban J connectivity index is 1.76. The predicted octanol–water partition coefficient (Wildman–Crippen LogP) is 2.63. The van der Waals surface area contributed by atoms with E-state index in [2.05, 4.69) is 25.6 Å². The van der Waals surface area contributed by atoms with E-state index in [-0.39, 0.29) is 45.5 Å². The van der Waals surface area contributed by atoms with Gasteiger partial charge in [0, 0.05) is 26.2 Å². The van der Waals surface area contributed by atoms with Crippen molar-refractivity contribution in [1.82, 2.24) is 30.2 Å². The summed E-state index contributed by atoms with van der Waals surface area (Å²) >= 11 is 0. The molecule has 3 heterocycles. The Hall–Kier alpha value is -3.55. The van der Waals surface area contributed by atoms with E-state index in [9.17, 15) is 26.4 Å². The van der Waals surface area contributed by atoms with E-state index in [1.807, 2.05) is 0 Å². The SMILES string of the molecule is CCS(=O)(=O)c1cc(N(C)NC(=O)C2CC2)cnc1-c1nnc(-c2cc(C(F)(F)F)ccn2)n1C. The lowest BCUT2D eigenvalue weighted by atomic mass is 10.2. The van der Waals surface area contributed by atoms with Crippen LogP contribution in [0.3, 0.4) is 0 Å². The van der Waals surface area contributed by atoms with Crippen LogP contribution in [-0.2, 0) is 27.9 Å². The number of anilines is 1. The normalized spacial score (nSPS) is 14.1. The number of rotatable bonds is 7. The van der Waals surface area contributed by atoms with Crippen LogP contribution in [-0.4, -0.2) is 51.9 Å². The number of sulfone groups is 1. The van der Waals surface area contributed by atoms with Gasteiger partial charge in [0.25, 0.3) is 0 Å². The van der Waals surface area contributed by atoms with E-state index in [0.29, 0.717) is 5.69 Å². The number of aromatic nitrogens is 5. The molecule has 35 heavy (non-hydrogen) atoms. The zero-order chi connectivity index (χ0) is 25.5. The Kier molecular flexibility index (Phi) is 6.25. The van der Waals surface area contributed by atoms with Crippen LogP contribution < -0.4 is 10.4 Å². The number of nitrogens with one attached hydrogen (secondary N) is 1. The zero-order valence-electron chi connectivity index (χ0n) is 19.0. The molecule has 0 radical (unpaired) electrons. The van der Waals surface area contributed by atoms with Crippen molar-refractivity contribution in [2.24, 2.45) is 13.0 Å². The number of alkyl halides is 3. The van der Waals surface area contributed by atoms with E-state index in [1.165, 1.54) is 35.8 Å². The Bertz CT molecular complexity index is 1390. The Labute approximate surface area is 199 Å². The lowest BCUT2D eigenvalue weighted by Crippen LogP contribution is -2.40. The summed E-state index contributed by atoms with van der Waals surface area (Å²) in [6.07, 6.45) is -0.574. The number of hydrogen-bond acceptors (Lipinski definition) is 8. The highest BCUT2D eigenvalue weighted by Crippen LogP contribution is 2.33. The van der Waals surface area contributed by atoms with Crippen molar-refractivity contribution in [2.45, 2.75) is 30.8 Å². The Morgan fingerprint density at radius 1 is 1.20 bits per heavy atom. The molecule has 1 saturated carbocycles. The first kappa shape index (κ1) is 24.6. The molecule has 1 fully saturated rings. The summed E-state index contributed by atoms with van der Waals surface area (Å²) in [6, 6.07) is 3.04. The van der Waals surface area contributed by atoms with Gasteiger partial charge in [0.15, 0.2) is 21.5 Å². The van der Waals surface area contributed by atoms with E-state index in [0.717, 1.165) is 31.2 Å². The molecule has 14 heteroatoms. The van der Waals surface area contributed by atoms with Gasteiger partial charge >= 0.3 is 6.18 Å². The molecule has 0 bridgehead atoms. The first-order chi connectivity index (χ1) is 16.4. The number of nitrogens with zero attached hydrogens (tertiary/aromatic N) is 6. The molecular formula is C21H22F3N7O3S. The van der Waals surface area contributed by atoms with Crippen LogP contribution in [0.5, 0.6) is 0 Å². The number of pyridine rings is 2. The molecule has 1 aliphatic rings. The topological polar surface area (TPSA) is 123 Å². The molecule has 0 unspecified atom stereocenters. The average Bonchev–Trinajstić information content (AvgIpc) is 3.60. The maximum atomic E-state index is 13.1. The molecule has 1 N–H and O–H groups in total. The fourth-order valence-electron chi connectivity index (χ4n) is 3.33. The summed E-state index contributed by atoms with van der Waals surface area (Å²) in [4.78, 5) is 20.2. The van der Waals surface area contributed by atoms with E-state index >= 15 is 0 Å². The molecule has 3 aromatic rings. The summed E-state index contributed by atoms with van der Waals surface area (Å²) in [5, 5.41) is 9.33. The maximum Gasteiger partial charge on any atom is 0.416 e. The maximum absolute atomic E-state index is 13.1. The molecule has 4 rings (SSSR count). The largest absolute Gasteiger partial charge is 0.416 e. The lowest BCUT2D eigenvalue weighted by molar-refractivity contribution is -0.137. The summed E-state index contributed by atoms with van der Waals surface area (Å²) in [5.74, 6) is -0.412. The van der Waals surface area contributed by atoms with Crippen molar-refractivity contribution in [2.75, 3.05) is 17.8 Å². The second-order valence-electron chi connectivity index (χ2n) is 8.09. The van der Waals surface area contributed by atoms with Crippen molar-refractivity contribution in [1.29, 1.82) is 0 Å². The lowest BCUT2D eigenvalue weighted by Gasteiger charge is -2.21. The summed E-state index contributed by atoms with van der Waals surface area (Å²) in [5.41, 5.74) is 2.02. The highest BCUT2D eigenvalue weighted by Gasteiger charge is 2.32. The van der Waals surface area contributed by atoms with E-state index < -0.39 is 21.6 Å². The molecule has 1 aliphatic carbocycles. The summed E-state index contributed by atoms with van der Waals surface area (Å²) < 4.78 is 66.5. The third-order valence-electron chi connectivity index (χ3n) is 5.57. The second kappa shape index (κ2) is 8.91. The second-order valence-corrected chi connectivity index (χ2v) is 10.3. The number of amides is 1. The Morgan fingerprint density at radius 3 is 2.51 bits per heavy atom. The minimum atomic E-state index is -4.57. The number of carbonyl (C=O) groups is 1. The van der Waals surface area contributed by atoms with Crippen LogP contribution in [0.25, 0.3) is 23.0 Å². The van der Waals surface area contributed by atoms with Crippen LogP contribution in [0, 0.1) is 5.92 Å². The van der Waals surface area contributed by atoms with Crippen molar-refractivity contribution >= 4 is 21.4 Å². The zero-order valence-corrected chi connectivity index (χ0v) is 19.9. The van der Waals surface area contributed by atoms with Crippen molar-refractivity contribution in [3.63, 3.8) is 0 Å². The summed E-state index contributed by atoms with van der Waals surface area (Å²) in [6.45, 7) is 1.47. The standard InChI is InChI=1S/C21H22F3N7O3S/c1-4-35(33,34)16-10-14(31(3)29-20(32)12-5-6-12)11-26-17(16)19-28-27-18(30(19)2)15-9-13(7-8-25-15)21(22,23)24/h7-12H,4-6H2,1-3H3,(H,29,32). The van der Waals surface area contributed by atoms with Crippen LogP contribution >= 0.6 is 0 Å². The van der Waals surface area contributed by atoms with Crippen molar-refractivity contribution in [3.05, 3.63) is 36.2 Å². The van der Waals surface area contributed by atoms with Gasteiger partial charge in [-0.15, -0.1) is 10.2 Å². The quantitative estimate of drug-likeness (QED) is 0.483. The molecule has 186 valence electrons. The molecule has 0 saturated heterocycles. The molecular weight excluding hydrogens is 487 g/mol. The van der Waals surface area contributed by atoms with E-state index in [1.54, 1.807) is 7.05 Å². The fraction of sp³-hybridized carbons (Fsp3) is 0.381. The van der Waals surface area contributed by atoms with Crippen LogP contribution in [0.4, 0.5) is 18.9 Å². The van der Waals surface area contributed by atoms with E-state index in [4.69, 9.17) is 0 Å². The van der Waals surface area contributed by atoms with Gasteiger partial charge in [0.2, 0.25) is 5.91 Å². The smallest absolute Gasteiger partial charge is 0.307 e. The van der Waals surface area contributed by atoms with Gasteiger partial charge in [-0.1, -0.05) is 6.92 Å². The third-order valence-corrected chi connectivity index (χ3v) is 7.31. The van der Waals surface area contributed by atoms with Gasteiger partial charge in [-0.2, -0.15) is 13.2 Å². The molecule has 1 amide bonds. The monoisotopic (exact) mass is 509 g/mol. The van der Waals surface area contributed by atoms with Crippen molar-refractivity contribution in [3.8, 4) is 23.0 Å². The number of halogens is 3. The highest BCUT2D eigenvalue weighted by molar-refractivity contribution is 7.91. The molecule has 3 aromatic heterocycles. The van der Waals surface area contributed by atoms with Gasteiger partial charge < -0.3 is 4.57 Å². The van der Waals surface area contributed by atoms with Gasteiger partial charge in [-0.3, -0.25) is 20.2 Å². The number of hydrogen-bond donors (Lipinski definition) is 1. The van der Waals surface area contributed by atoms with Crippen LogP contribution in [0.15, 0.2) is 35.5 Å². The highest BCUT2D eigenvalue weighted by atomic mass is 32.2. The molecule has 0 atom stereocenters. The summed E-state index contributed by atoms with van der Waals surface area (Å²) in [7, 11) is -0.764. The van der Waals surface area contributed by atoms with Gasteiger partial charge in [0.05, 0.1) is 28.1 Å². The van der Waals surface area contributed by atoms with Crippen molar-refractivity contribution < 1.29 is 26.4 Å². The number of hydrazine groups is 1. The molecule has 10 nitrogen and oxygen atoms in total. The third kappa shape index (κ3) is 4.97. The predicted molar refractivity (Wildman–Crippen MR) is 119 cm³/mol. The fourth-order valence-corrected chi connectivity index (χ4v) is 4.38. The van der Waals surface area contributed by atoms with Gasteiger partial charge in [-0.05, 0) is 31.0 Å². The minimum absolute atomic E-state index is 0.00522. The molecule has 0 aromatic carbocycles. The van der Waals surface area contributed by atoms with Gasteiger partial charge in [0.1, 0.15) is 11.4 Å². The average molecular weight is 510 g/mol. The molecule has 0 spiro atoms. The molecule has 0 aliphatic heterocycles. The van der Waals surface area contributed by atoms with Crippen LogP contribution in [0.1, 0.15) is 25.3 Å².